The molecule has 1 aromatic rings. The number of nitrogens with one attached hydrogen (secondary N) is 2. The number of rotatable bonds is 8. The van der Waals surface area contributed by atoms with E-state index in [1.54, 1.807) is 11.8 Å². The Hall–Kier alpha value is -1.24. The number of ether oxygens (including phenoxy) is 1. The van der Waals surface area contributed by atoms with Gasteiger partial charge in [-0.2, -0.15) is 0 Å². The summed E-state index contributed by atoms with van der Waals surface area (Å²) in [5.41, 5.74) is 0. The summed E-state index contributed by atoms with van der Waals surface area (Å²) >= 11 is 1.75. The average Bonchev–Trinajstić information content (AvgIpc) is 2.57. The van der Waals surface area contributed by atoms with E-state index in [0.717, 1.165) is 51.6 Å². The average molecular weight is 323 g/mol. The molecule has 2 amide bonds. The molecule has 0 saturated carbocycles. The second kappa shape index (κ2) is 10.5. The fourth-order valence-corrected chi connectivity index (χ4v) is 3.03. The first-order chi connectivity index (χ1) is 10.8. The smallest absolute Gasteiger partial charge is 0.314 e. The van der Waals surface area contributed by atoms with Crippen LogP contribution in [0, 0.1) is 0 Å². The number of morpholine rings is 1. The zero-order valence-electron chi connectivity index (χ0n) is 12.9. The van der Waals surface area contributed by atoms with Crippen molar-refractivity contribution in [1.29, 1.82) is 0 Å². The summed E-state index contributed by atoms with van der Waals surface area (Å²) in [6.45, 7) is 6.07. The second-order valence-electron chi connectivity index (χ2n) is 5.15. The lowest BCUT2D eigenvalue weighted by atomic mass is 10.3. The van der Waals surface area contributed by atoms with Crippen molar-refractivity contribution in [3.63, 3.8) is 0 Å². The van der Waals surface area contributed by atoms with Gasteiger partial charge in [0.1, 0.15) is 0 Å². The van der Waals surface area contributed by atoms with E-state index >= 15 is 0 Å². The maximum absolute atomic E-state index is 11.6. The van der Waals surface area contributed by atoms with Crippen LogP contribution in [0.5, 0.6) is 0 Å². The lowest BCUT2D eigenvalue weighted by Crippen LogP contribution is -2.40. The Morgan fingerprint density at radius 1 is 1.14 bits per heavy atom. The SMILES string of the molecule is O=C(NCCCN1CCOCC1)NCCSc1ccccc1. The minimum atomic E-state index is -0.0735. The normalized spacial score (nSPS) is 15.5. The van der Waals surface area contributed by atoms with E-state index in [9.17, 15) is 4.79 Å². The number of carbonyl (C=O) groups excluding carboxylic acids is 1. The van der Waals surface area contributed by atoms with Gasteiger partial charge in [0.2, 0.25) is 0 Å². The number of urea groups is 1. The number of hydrogen-bond donors (Lipinski definition) is 2. The Morgan fingerprint density at radius 3 is 2.64 bits per heavy atom. The summed E-state index contributed by atoms with van der Waals surface area (Å²) in [6, 6.07) is 10.1. The van der Waals surface area contributed by atoms with Crippen molar-refractivity contribution >= 4 is 17.8 Å². The van der Waals surface area contributed by atoms with Crippen molar-refractivity contribution in [2.24, 2.45) is 0 Å². The highest BCUT2D eigenvalue weighted by Gasteiger charge is 2.09. The van der Waals surface area contributed by atoms with Crippen molar-refractivity contribution in [2.45, 2.75) is 11.3 Å². The molecule has 1 fully saturated rings. The molecule has 5 nitrogen and oxygen atoms in total. The number of nitrogens with zero attached hydrogens (tertiary/aromatic N) is 1. The third kappa shape index (κ3) is 7.15. The van der Waals surface area contributed by atoms with E-state index in [4.69, 9.17) is 4.74 Å². The van der Waals surface area contributed by atoms with Crippen LogP contribution in [0.2, 0.25) is 0 Å². The summed E-state index contributed by atoms with van der Waals surface area (Å²) in [6.07, 6.45) is 0.978. The van der Waals surface area contributed by atoms with Crippen molar-refractivity contribution in [1.82, 2.24) is 15.5 Å². The lowest BCUT2D eigenvalue weighted by molar-refractivity contribution is 0.0375. The fraction of sp³-hybridized carbons (Fsp3) is 0.562. The third-order valence-electron chi connectivity index (χ3n) is 3.44. The Balaban J connectivity index is 1.44. The molecular weight excluding hydrogens is 298 g/mol. The maximum atomic E-state index is 11.6. The fourth-order valence-electron chi connectivity index (χ4n) is 2.24. The molecule has 1 aliphatic rings. The van der Waals surface area contributed by atoms with Crippen LogP contribution in [0.4, 0.5) is 4.79 Å². The van der Waals surface area contributed by atoms with Crippen LogP contribution >= 0.6 is 11.8 Å². The molecule has 6 heteroatoms. The van der Waals surface area contributed by atoms with Gasteiger partial charge in [-0.3, -0.25) is 4.90 Å². The summed E-state index contributed by atoms with van der Waals surface area (Å²) in [5.74, 6) is 0.880. The van der Waals surface area contributed by atoms with Gasteiger partial charge < -0.3 is 15.4 Å². The van der Waals surface area contributed by atoms with Gasteiger partial charge >= 0.3 is 6.03 Å². The van der Waals surface area contributed by atoms with Gasteiger partial charge in [0.25, 0.3) is 0 Å². The number of amides is 2. The molecule has 0 atom stereocenters. The van der Waals surface area contributed by atoms with Gasteiger partial charge in [-0.1, -0.05) is 18.2 Å². The van der Waals surface area contributed by atoms with Crippen LogP contribution < -0.4 is 10.6 Å². The number of carbonyl (C=O) groups is 1. The third-order valence-corrected chi connectivity index (χ3v) is 4.45. The first kappa shape index (κ1) is 17.1. The quantitative estimate of drug-likeness (QED) is 0.566. The summed E-state index contributed by atoms with van der Waals surface area (Å²) in [5, 5.41) is 5.79. The first-order valence-electron chi connectivity index (χ1n) is 7.84. The molecule has 122 valence electrons. The zero-order chi connectivity index (χ0) is 15.5. The molecule has 1 saturated heterocycles. The van der Waals surface area contributed by atoms with E-state index < -0.39 is 0 Å². The van der Waals surface area contributed by atoms with Crippen LogP contribution in [0.1, 0.15) is 6.42 Å². The largest absolute Gasteiger partial charge is 0.379 e. The number of benzene rings is 1. The highest BCUT2D eigenvalue weighted by molar-refractivity contribution is 7.99. The van der Waals surface area contributed by atoms with Crippen LogP contribution in [0.3, 0.4) is 0 Å². The first-order valence-corrected chi connectivity index (χ1v) is 8.83. The Labute approximate surface area is 136 Å². The van der Waals surface area contributed by atoms with Crippen molar-refractivity contribution in [3.05, 3.63) is 30.3 Å². The van der Waals surface area contributed by atoms with Gasteiger partial charge in [0.05, 0.1) is 13.2 Å². The van der Waals surface area contributed by atoms with Crippen LogP contribution in [0.25, 0.3) is 0 Å². The highest BCUT2D eigenvalue weighted by atomic mass is 32.2. The lowest BCUT2D eigenvalue weighted by Gasteiger charge is -2.26. The van der Waals surface area contributed by atoms with Gasteiger partial charge in [0, 0.05) is 36.8 Å². The molecule has 0 spiro atoms. The highest BCUT2D eigenvalue weighted by Crippen LogP contribution is 2.15. The predicted molar refractivity (Wildman–Crippen MR) is 90.4 cm³/mol. The molecule has 0 unspecified atom stereocenters. The summed E-state index contributed by atoms with van der Waals surface area (Å²) < 4.78 is 5.31. The number of thioether (sulfide) groups is 1. The molecular formula is C16H25N3O2S. The van der Waals surface area contributed by atoms with Crippen LogP contribution in [-0.4, -0.2) is 62.6 Å². The molecule has 0 bridgehead atoms. The van der Waals surface area contributed by atoms with E-state index in [0.29, 0.717) is 6.54 Å². The molecule has 0 aliphatic carbocycles. The summed E-state index contributed by atoms with van der Waals surface area (Å²) in [7, 11) is 0. The van der Waals surface area contributed by atoms with E-state index in [2.05, 4.69) is 27.7 Å². The van der Waals surface area contributed by atoms with Gasteiger partial charge in [-0.05, 0) is 25.1 Å². The number of hydrogen-bond acceptors (Lipinski definition) is 4. The Morgan fingerprint density at radius 2 is 1.86 bits per heavy atom. The topological polar surface area (TPSA) is 53.6 Å². The molecule has 0 radical (unpaired) electrons. The molecule has 2 N–H and O–H groups in total. The minimum absolute atomic E-state index is 0.0735. The van der Waals surface area contributed by atoms with Gasteiger partial charge in [-0.15, -0.1) is 11.8 Å². The van der Waals surface area contributed by atoms with Gasteiger partial charge in [-0.25, -0.2) is 4.79 Å². The Kier molecular flexibility index (Phi) is 8.15. The molecule has 2 rings (SSSR count). The van der Waals surface area contributed by atoms with Crippen molar-refractivity contribution in [3.8, 4) is 0 Å². The van der Waals surface area contributed by atoms with E-state index in [1.807, 2.05) is 18.2 Å². The second-order valence-corrected chi connectivity index (χ2v) is 6.32. The molecule has 0 aromatic heterocycles. The molecule has 22 heavy (non-hydrogen) atoms. The maximum Gasteiger partial charge on any atom is 0.314 e. The standard InChI is InChI=1S/C16H25N3O2S/c20-16(17-7-4-9-19-10-12-21-13-11-19)18-8-14-22-15-5-2-1-3-6-15/h1-3,5-6H,4,7-14H2,(H2,17,18,20). The van der Waals surface area contributed by atoms with Crippen molar-refractivity contribution in [2.75, 3.05) is 51.7 Å². The Bertz CT molecular complexity index is 425. The molecule has 1 heterocycles. The van der Waals surface area contributed by atoms with E-state index in [1.165, 1.54) is 4.90 Å². The van der Waals surface area contributed by atoms with Crippen molar-refractivity contribution < 1.29 is 9.53 Å². The van der Waals surface area contributed by atoms with Gasteiger partial charge in [0.15, 0.2) is 0 Å². The van der Waals surface area contributed by atoms with E-state index in [-0.39, 0.29) is 6.03 Å². The minimum Gasteiger partial charge on any atom is -0.379 e. The van der Waals surface area contributed by atoms with Crippen LogP contribution in [-0.2, 0) is 4.74 Å². The predicted octanol–water partition coefficient (Wildman–Crippen LogP) is 1.80. The molecule has 1 aliphatic heterocycles. The zero-order valence-corrected chi connectivity index (χ0v) is 13.7. The monoisotopic (exact) mass is 323 g/mol. The molecule has 1 aromatic carbocycles. The summed E-state index contributed by atoms with van der Waals surface area (Å²) in [4.78, 5) is 15.2. The van der Waals surface area contributed by atoms with Crippen LogP contribution in [0.15, 0.2) is 35.2 Å².